The number of methoxy groups -OCH3 is 1. The van der Waals surface area contributed by atoms with E-state index in [-0.39, 0.29) is 0 Å². The van der Waals surface area contributed by atoms with E-state index in [2.05, 4.69) is 10.6 Å². The molecule has 0 N–H and O–H groups in total. The Balaban J connectivity index is 2.09. The number of nitrogens with zero attached hydrogens (tertiary/aromatic N) is 2. The minimum absolute atomic E-state index is 0.343. The summed E-state index contributed by atoms with van der Waals surface area (Å²) in [7, 11) is 1.64. The van der Waals surface area contributed by atoms with Crippen LogP contribution < -0.4 is 4.74 Å². The Morgan fingerprint density at radius 2 is 2.41 bits per heavy atom. The highest BCUT2D eigenvalue weighted by Gasteiger charge is 2.29. The average molecular weight is 232 g/mol. The van der Waals surface area contributed by atoms with Gasteiger partial charge in [0, 0.05) is 12.7 Å². The first-order valence-corrected chi connectivity index (χ1v) is 6.04. The van der Waals surface area contributed by atoms with Gasteiger partial charge >= 0.3 is 0 Å². The summed E-state index contributed by atoms with van der Waals surface area (Å²) in [5.74, 6) is 1.11. The summed E-state index contributed by atoms with van der Waals surface area (Å²) < 4.78 is 8.40. The van der Waals surface area contributed by atoms with Crippen molar-refractivity contribution in [1.82, 2.24) is 4.57 Å². The fourth-order valence-electron chi connectivity index (χ4n) is 2.74. The molecule has 2 aliphatic rings. The molecule has 0 amide bonds. The zero-order valence-electron chi connectivity index (χ0n) is 9.93. The Morgan fingerprint density at radius 1 is 1.53 bits per heavy atom. The molecule has 0 radical (unpaired) electrons. The van der Waals surface area contributed by atoms with Crippen LogP contribution in [0.3, 0.4) is 0 Å². The zero-order valence-corrected chi connectivity index (χ0v) is 9.93. The molecule has 1 aromatic heterocycles. The molecular weight excluding hydrogens is 216 g/mol. The van der Waals surface area contributed by atoms with Gasteiger partial charge in [-0.1, -0.05) is 0 Å². The van der Waals surface area contributed by atoms with Crippen molar-refractivity contribution in [1.29, 1.82) is 0 Å². The lowest BCUT2D eigenvalue weighted by molar-refractivity contribution is -0.406. The summed E-state index contributed by atoms with van der Waals surface area (Å²) in [5, 5.41) is 12.1. The van der Waals surface area contributed by atoms with Crippen molar-refractivity contribution in [2.24, 2.45) is 5.92 Å². The van der Waals surface area contributed by atoms with Gasteiger partial charge in [0.2, 0.25) is 6.21 Å². The van der Waals surface area contributed by atoms with Gasteiger partial charge in [-0.25, -0.2) is 0 Å². The van der Waals surface area contributed by atoms with Crippen molar-refractivity contribution in [2.75, 3.05) is 7.11 Å². The molecule has 0 saturated heterocycles. The minimum Gasteiger partial charge on any atom is -0.618 e. The van der Waals surface area contributed by atoms with Gasteiger partial charge in [0.25, 0.3) is 0 Å². The number of hydroxylamine groups is 1. The van der Waals surface area contributed by atoms with Gasteiger partial charge < -0.3 is 14.5 Å². The SMILES string of the molecule is COc1ccn2c1C=[N+]([O-])C1=CCCCC1C2. The van der Waals surface area contributed by atoms with Crippen LogP contribution in [0, 0.1) is 11.1 Å². The predicted octanol–water partition coefficient (Wildman–Crippen LogP) is 2.12. The highest BCUT2D eigenvalue weighted by atomic mass is 16.5. The standard InChI is InChI=1S/C13H16N2O2/c1-17-13-6-7-14-8-10-4-2-3-5-11(10)15(16)9-12(13)14/h5-7,9-10H,2-4,8H2,1H3. The van der Waals surface area contributed by atoms with Gasteiger partial charge in [0.15, 0.2) is 5.70 Å². The van der Waals surface area contributed by atoms with E-state index in [1.807, 2.05) is 12.3 Å². The van der Waals surface area contributed by atoms with E-state index in [9.17, 15) is 5.21 Å². The fourth-order valence-corrected chi connectivity index (χ4v) is 2.74. The third-order valence-electron chi connectivity index (χ3n) is 3.63. The van der Waals surface area contributed by atoms with E-state index < -0.39 is 0 Å². The molecule has 0 spiro atoms. The van der Waals surface area contributed by atoms with E-state index in [1.54, 1.807) is 13.3 Å². The van der Waals surface area contributed by atoms with Crippen molar-refractivity contribution >= 4 is 6.21 Å². The first-order chi connectivity index (χ1) is 8.29. The minimum atomic E-state index is 0.343. The molecule has 4 nitrogen and oxygen atoms in total. The van der Waals surface area contributed by atoms with Crippen LogP contribution in [0.25, 0.3) is 0 Å². The molecule has 90 valence electrons. The van der Waals surface area contributed by atoms with E-state index in [0.717, 1.165) is 41.3 Å². The molecule has 17 heavy (non-hydrogen) atoms. The molecule has 4 heteroatoms. The molecule has 1 unspecified atom stereocenters. The largest absolute Gasteiger partial charge is 0.618 e. The molecular formula is C13H16N2O2. The Morgan fingerprint density at radius 3 is 3.24 bits per heavy atom. The van der Waals surface area contributed by atoms with Gasteiger partial charge in [-0.2, -0.15) is 4.74 Å². The van der Waals surface area contributed by atoms with Crippen LogP contribution in [-0.4, -0.2) is 22.6 Å². The quantitative estimate of drug-likeness (QED) is 0.549. The summed E-state index contributed by atoms with van der Waals surface area (Å²) in [6, 6.07) is 1.91. The van der Waals surface area contributed by atoms with Crippen molar-refractivity contribution < 1.29 is 9.48 Å². The third-order valence-corrected chi connectivity index (χ3v) is 3.63. The molecule has 0 fully saturated rings. The van der Waals surface area contributed by atoms with Crippen LogP contribution in [0.4, 0.5) is 0 Å². The van der Waals surface area contributed by atoms with Gasteiger partial charge in [-0.05, 0) is 31.4 Å². The first-order valence-electron chi connectivity index (χ1n) is 6.04. The highest BCUT2D eigenvalue weighted by Crippen LogP contribution is 2.31. The fraction of sp³-hybridized carbons (Fsp3) is 0.462. The van der Waals surface area contributed by atoms with E-state index in [0.29, 0.717) is 5.92 Å². The zero-order chi connectivity index (χ0) is 11.8. The lowest BCUT2D eigenvalue weighted by Gasteiger charge is -2.20. The average Bonchev–Trinajstić information content (AvgIpc) is 2.66. The smallest absolute Gasteiger partial charge is 0.208 e. The van der Waals surface area contributed by atoms with Crippen LogP contribution >= 0.6 is 0 Å². The number of fused-ring (bicyclic) bond motifs is 2. The summed E-state index contributed by atoms with van der Waals surface area (Å²) >= 11 is 0. The van der Waals surface area contributed by atoms with Gasteiger partial charge in [-0.15, -0.1) is 0 Å². The number of hydrogen-bond acceptors (Lipinski definition) is 2. The summed E-state index contributed by atoms with van der Waals surface area (Å²) in [6.45, 7) is 0.875. The second-order valence-corrected chi connectivity index (χ2v) is 4.63. The second kappa shape index (κ2) is 3.95. The monoisotopic (exact) mass is 232 g/mol. The lowest BCUT2D eigenvalue weighted by atomic mass is 9.92. The molecule has 1 aliphatic heterocycles. The van der Waals surface area contributed by atoms with Crippen molar-refractivity contribution in [3.8, 4) is 5.75 Å². The normalized spacial score (nSPS) is 23.0. The van der Waals surface area contributed by atoms with Crippen LogP contribution in [0.1, 0.15) is 25.0 Å². The van der Waals surface area contributed by atoms with Crippen molar-refractivity contribution in [3.63, 3.8) is 0 Å². The van der Waals surface area contributed by atoms with E-state index in [1.165, 1.54) is 6.42 Å². The third kappa shape index (κ3) is 1.64. The topological polar surface area (TPSA) is 40.2 Å². The van der Waals surface area contributed by atoms with Crippen LogP contribution in [0.15, 0.2) is 24.0 Å². The predicted molar refractivity (Wildman–Crippen MR) is 65.2 cm³/mol. The first kappa shape index (κ1) is 10.4. The van der Waals surface area contributed by atoms with E-state index in [4.69, 9.17) is 4.74 Å². The number of aromatic nitrogens is 1. The van der Waals surface area contributed by atoms with Gasteiger partial charge in [0.05, 0.1) is 13.0 Å². The maximum Gasteiger partial charge on any atom is 0.208 e. The molecule has 0 saturated carbocycles. The number of hydrogen-bond donors (Lipinski definition) is 0. The number of allylic oxidation sites excluding steroid dienone is 2. The Bertz CT molecular complexity index is 500. The number of ether oxygens (including phenoxy) is 1. The molecule has 1 aromatic rings. The van der Waals surface area contributed by atoms with Gasteiger partial charge in [-0.3, -0.25) is 0 Å². The van der Waals surface area contributed by atoms with E-state index >= 15 is 0 Å². The summed E-state index contributed by atoms with van der Waals surface area (Å²) in [4.78, 5) is 0. The molecule has 2 heterocycles. The van der Waals surface area contributed by atoms with Crippen LogP contribution in [0.2, 0.25) is 0 Å². The maximum atomic E-state index is 12.1. The highest BCUT2D eigenvalue weighted by molar-refractivity contribution is 5.78. The summed E-state index contributed by atoms with van der Waals surface area (Å²) in [5.41, 5.74) is 1.79. The van der Waals surface area contributed by atoms with Crippen molar-refractivity contribution in [3.05, 3.63) is 34.9 Å². The summed E-state index contributed by atoms with van der Waals surface area (Å²) in [6.07, 6.45) is 9.00. The van der Waals surface area contributed by atoms with Gasteiger partial charge in [0.1, 0.15) is 11.4 Å². The molecule has 0 aromatic carbocycles. The molecule has 1 aliphatic carbocycles. The second-order valence-electron chi connectivity index (χ2n) is 4.63. The van der Waals surface area contributed by atoms with Crippen LogP contribution in [-0.2, 0) is 6.54 Å². The Hall–Kier alpha value is -1.71. The van der Waals surface area contributed by atoms with Crippen LogP contribution in [0.5, 0.6) is 5.75 Å². The van der Waals surface area contributed by atoms with Crippen molar-refractivity contribution in [2.45, 2.75) is 25.8 Å². The molecule has 3 rings (SSSR count). The molecule has 1 atom stereocenters. The lowest BCUT2D eigenvalue weighted by Crippen LogP contribution is -2.18. The number of rotatable bonds is 1. The Kier molecular flexibility index (Phi) is 2.42. The maximum absolute atomic E-state index is 12.1. The Labute approximate surface area is 100 Å². The molecule has 0 bridgehead atoms.